The van der Waals surface area contributed by atoms with Crippen molar-refractivity contribution in [3.63, 3.8) is 0 Å². The summed E-state index contributed by atoms with van der Waals surface area (Å²) in [5.74, 6) is -1.46. The Kier molecular flexibility index (Phi) is 9.47. The van der Waals surface area contributed by atoms with Crippen molar-refractivity contribution in [3.8, 4) is 0 Å². The van der Waals surface area contributed by atoms with E-state index in [4.69, 9.17) is 9.15 Å². The number of carbonyl (C=O) groups excluding carboxylic acids is 3. The fourth-order valence-corrected chi connectivity index (χ4v) is 6.13. The summed E-state index contributed by atoms with van der Waals surface area (Å²) in [7, 11) is 1.31. The molecule has 0 atom stereocenters. The zero-order valence-corrected chi connectivity index (χ0v) is 26.3. The van der Waals surface area contributed by atoms with E-state index in [0.29, 0.717) is 49.7 Å². The van der Waals surface area contributed by atoms with E-state index in [0.717, 1.165) is 18.4 Å². The van der Waals surface area contributed by atoms with E-state index in [1.807, 2.05) is 36.4 Å². The number of aromatic nitrogens is 2. The number of halogens is 3. The van der Waals surface area contributed by atoms with Crippen molar-refractivity contribution in [3.05, 3.63) is 107 Å². The number of ether oxygens (including phenoxy) is 1. The first kappa shape index (κ1) is 32.7. The van der Waals surface area contributed by atoms with Crippen molar-refractivity contribution in [2.24, 2.45) is 0 Å². The van der Waals surface area contributed by atoms with E-state index in [1.165, 1.54) is 18.9 Å². The van der Waals surface area contributed by atoms with Crippen LogP contribution in [-0.2, 0) is 28.7 Å². The molecule has 1 amide bonds. The molecule has 0 saturated carbocycles. The van der Waals surface area contributed by atoms with Crippen molar-refractivity contribution in [1.82, 2.24) is 14.9 Å². The molecule has 2 aromatic heterocycles. The molecule has 0 N–H and O–H groups in total. The van der Waals surface area contributed by atoms with E-state index >= 15 is 0 Å². The summed E-state index contributed by atoms with van der Waals surface area (Å²) in [5, 5.41) is 0. The van der Waals surface area contributed by atoms with Crippen LogP contribution in [0.1, 0.15) is 62.1 Å². The second kappa shape index (κ2) is 13.9. The van der Waals surface area contributed by atoms with Gasteiger partial charge in [-0.1, -0.05) is 48.5 Å². The van der Waals surface area contributed by atoms with Crippen LogP contribution in [0.5, 0.6) is 0 Å². The fourth-order valence-electron chi connectivity index (χ4n) is 6.13. The van der Waals surface area contributed by atoms with E-state index in [9.17, 15) is 27.6 Å². The van der Waals surface area contributed by atoms with Crippen LogP contribution in [0.2, 0.25) is 0 Å². The number of Topliss-reactive ketones (excluding diaryl/α,β-unsaturated/α-hetero) is 1. The molecule has 0 unspecified atom stereocenters. The Morgan fingerprint density at radius 3 is 2.38 bits per heavy atom. The summed E-state index contributed by atoms with van der Waals surface area (Å²) >= 11 is 0. The SMILES string of the molecule is COC(=O)c1cccc(CN2CCN(c3ccc(CC(=O)c4oc(N5CCC(c6ccccc6)CC5)nc4C(F)(F)F)cn3)CC2=O)c1. The highest BCUT2D eigenvalue weighted by molar-refractivity contribution is 5.96. The molecule has 48 heavy (non-hydrogen) atoms. The fraction of sp³-hybridized carbons (Fsp3) is 0.343. The number of carbonyl (C=O) groups is 3. The monoisotopic (exact) mass is 661 g/mol. The molecule has 2 saturated heterocycles. The number of hydrogen-bond acceptors (Lipinski definition) is 9. The molecule has 2 fully saturated rings. The Morgan fingerprint density at radius 2 is 1.71 bits per heavy atom. The Morgan fingerprint density at radius 1 is 0.938 bits per heavy atom. The van der Waals surface area contributed by atoms with E-state index in [2.05, 4.69) is 9.97 Å². The van der Waals surface area contributed by atoms with Crippen molar-refractivity contribution in [1.29, 1.82) is 0 Å². The molecule has 2 aliphatic heterocycles. The second-order valence-electron chi connectivity index (χ2n) is 11.9. The number of rotatable bonds is 9. The van der Waals surface area contributed by atoms with Gasteiger partial charge in [0.15, 0.2) is 5.69 Å². The van der Waals surface area contributed by atoms with Gasteiger partial charge in [-0.2, -0.15) is 18.2 Å². The Bertz CT molecular complexity index is 1770. The number of oxazole rings is 1. The van der Waals surface area contributed by atoms with Gasteiger partial charge >= 0.3 is 12.1 Å². The third-order valence-corrected chi connectivity index (χ3v) is 8.71. The first-order valence-electron chi connectivity index (χ1n) is 15.6. The van der Waals surface area contributed by atoms with Gasteiger partial charge < -0.3 is 23.9 Å². The lowest BCUT2D eigenvalue weighted by molar-refractivity contribution is -0.141. The van der Waals surface area contributed by atoms with Crippen molar-refractivity contribution >= 4 is 29.5 Å². The highest BCUT2D eigenvalue weighted by atomic mass is 19.4. The third-order valence-electron chi connectivity index (χ3n) is 8.71. The van der Waals surface area contributed by atoms with Gasteiger partial charge in [0, 0.05) is 45.3 Å². The maximum Gasteiger partial charge on any atom is 0.437 e. The standard InChI is InChI=1S/C35H34F3N5O5/c1-47-33(46)27-9-5-6-24(18-27)21-43-17-16-42(22-30(43)45)29-11-10-23(20-39-29)19-28(44)31-32(35(36,37)38)40-34(48-31)41-14-12-26(13-15-41)25-7-3-2-4-8-25/h2-11,18,20,26H,12-17,19,21-22H2,1H3. The first-order chi connectivity index (χ1) is 23.1. The topological polar surface area (TPSA) is 109 Å². The zero-order chi connectivity index (χ0) is 33.8. The minimum atomic E-state index is -4.87. The molecule has 6 rings (SSSR count). The number of hydrogen-bond donors (Lipinski definition) is 0. The van der Waals surface area contributed by atoms with Crippen molar-refractivity contribution < 1.29 is 36.7 Å². The van der Waals surface area contributed by atoms with Crippen LogP contribution in [-0.4, -0.2) is 72.4 Å². The normalized spacial score (nSPS) is 15.9. The number of alkyl halides is 3. The minimum Gasteiger partial charge on any atom is -0.465 e. The van der Waals surface area contributed by atoms with Gasteiger partial charge in [0.25, 0.3) is 6.01 Å². The lowest BCUT2D eigenvalue weighted by atomic mass is 9.90. The Hall–Kier alpha value is -5.20. The van der Waals surface area contributed by atoms with Crippen LogP contribution in [0.25, 0.3) is 0 Å². The molecule has 13 heteroatoms. The van der Waals surface area contributed by atoms with Crippen molar-refractivity contribution in [2.45, 2.75) is 37.9 Å². The maximum absolute atomic E-state index is 14.0. The number of benzene rings is 2. The van der Waals surface area contributed by atoms with Gasteiger partial charge in [0.05, 0.1) is 19.2 Å². The summed E-state index contributed by atoms with van der Waals surface area (Å²) in [6.07, 6.45) is -2.36. The van der Waals surface area contributed by atoms with Crippen LogP contribution in [0.15, 0.2) is 77.3 Å². The number of esters is 1. The minimum absolute atomic E-state index is 0.0698. The number of methoxy groups -OCH3 is 1. The maximum atomic E-state index is 14.0. The molecule has 250 valence electrons. The number of anilines is 2. The summed E-state index contributed by atoms with van der Waals surface area (Å²) in [6.45, 7) is 2.22. The molecule has 0 bridgehead atoms. The predicted octanol–water partition coefficient (Wildman–Crippen LogP) is 5.53. The largest absolute Gasteiger partial charge is 0.465 e. The van der Waals surface area contributed by atoms with Crippen LogP contribution in [0, 0.1) is 0 Å². The molecular formula is C35H34F3N5O5. The van der Waals surface area contributed by atoms with Crippen LogP contribution in [0.3, 0.4) is 0 Å². The smallest absolute Gasteiger partial charge is 0.437 e. The molecule has 0 spiro atoms. The van der Waals surface area contributed by atoms with Crippen LogP contribution < -0.4 is 9.80 Å². The van der Waals surface area contributed by atoms with Crippen LogP contribution in [0.4, 0.5) is 25.0 Å². The lowest BCUT2D eigenvalue weighted by Gasteiger charge is -2.35. The average Bonchev–Trinajstić information content (AvgIpc) is 3.57. The molecule has 10 nitrogen and oxygen atoms in total. The average molecular weight is 662 g/mol. The second-order valence-corrected chi connectivity index (χ2v) is 11.9. The van der Waals surface area contributed by atoms with Gasteiger partial charge in [-0.05, 0) is 53.6 Å². The molecule has 2 aromatic carbocycles. The van der Waals surface area contributed by atoms with Gasteiger partial charge in [-0.3, -0.25) is 9.59 Å². The third kappa shape index (κ3) is 7.35. The van der Waals surface area contributed by atoms with E-state index < -0.39 is 29.4 Å². The molecule has 2 aliphatic rings. The zero-order valence-electron chi connectivity index (χ0n) is 26.3. The quantitative estimate of drug-likeness (QED) is 0.169. The summed E-state index contributed by atoms with van der Waals surface area (Å²) in [6, 6.07) is 19.9. The van der Waals surface area contributed by atoms with Crippen LogP contribution >= 0.6 is 0 Å². The number of ketones is 1. The molecule has 0 aliphatic carbocycles. The summed E-state index contributed by atoms with van der Waals surface area (Å²) in [4.78, 5) is 51.2. The Labute approximate surface area is 275 Å². The number of nitrogens with zero attached hydrogens (tertiary/aromatic N) is 5. The Balaban J connectivity index is 1.07. The molecule has 4 aromatic rings. The van der Waals surface area contributed by atoms with E-state index in [-0.39, 0.29) is 30.8 Å². The molecular weight excluding hydrogens is 627 g/mol. The number of pyridine rings is 1. The summed E-state index contributed by atoms with van der Waals surface area (Å²) in [5.41, 5.74) is 1.46. The highest BCUT2D eigenvalue weighted by Crippen LogP contribution is 2.37. The number of piperazine rings is 1. The number of amides is 1. The summed E-state index contributed by atoms with van der Waals surface area (Å²) < 4.78 is 52.1. The van der Waals surface area contributed by atoms with Gasteiger partial charge in [-0.15, -0.1) is 0 Å². The predicted molar refractivity (Wildman–Crippen MR) is 170 cm³/mol. The van der Waals surface area contributed by atoms with Gasteiger partial charge in [-0.25, -0.2) is 9.78 Å². The van der Waals surface area contributed by atoms with Gasteiger partial charge in [0.2, 0.25) is 17.5 Å². The highest BCUT2D eigenvalue weighted by Gasteiger charge is 2.42. The number of piperidine rings is 1. The van der Waals surface area contributed by atoms with Gasteiger partial charge in [0.1, 0.15) is 5.82 Å². The first-order valence-corrected chi connectivity index (χ1v) is 15.6. The van der Waals surface area contributed by atoms with E-state index in [1.54, 1.807) is 45.0 Å². The van der Waals surface area contributed by atoms with Crippen molar-refractivity contribution in [2.75, 3.05) is 49.6 Å². The molecule has 0 radical (unpaired) electrons. The molecule has 4 heterocycles. The lowest BCUT2D eigenvalue weighted by Crippen LogP contribution is -2.50.